The molecule has 2 heterocycles. The zero-order valence-electron chi connectivity index (χ0n) is 11.8. The quantitative estimate of drug-likeness (QED) is 0.907. The van der Waals surface area contributed by atoms with Crippen LogP contribution in [0.4, 0.5) is 0 Å². The summed E-state index contributed by atoms with van der Waals surface area (Å²) in [5.41, 5.74) is 7.58. The monoisotopic (exact) mass is 269 g/mol. The standard InChI is InChI=1S/C16H19N3O/c1-11(2)16(17)9-19(10-16)15(20)13-5-3-7-14-12(13)6-4-8-18-14/h3-8,11H,9-10,17H2,1-2H3. The van der Waals surface area contributed by atoms with Crippen LogP contribution in [0.2, 0.25) is 0 Å². The first kappa shape index (κ1) is 13.1. The molecule has 1 aromatic heterocycles. The molecule has 0 bridgehead atoms. The van der Waals surface area contributed by atoms with Crippen molar-refractivity contribution in [2.45, 2.75) is 19.4 Å². The number of benzene rings is 1. The van der Waals surface area contributed by atoms with Crippen LogP contribution in [-0.4, -0.2) is 34.4 Å². The van der Waals surface area contributed by atoms with Crippen LogP contribution in [0, 0.1) is 5.92 Å². The van der Waals surface area contributed by atoms with Crippen LogP contribution in [-0.2, 0) is 0 Å². The van der Waals surface area contributed by atoms with Crippen LogP contribution in [0.15, 0.2) is 36.5 Å². The van der Waals surface area contributed by atoms with Gasteiger partial charge in [-0.15, -0.1) is 0 Å². The van der Waals surface area contributed by atoms with Crippen molar-refractivity contribution >= 4 is 16.8 Å². The third-order valence-electron chi connectivity index (χ3n) is 4.28. The molecule has 0 spiro atoms. The number of rotatable bonds is 2. The maximum absolute atomic E-state index is 12.6. The average Bonchev–Trinajstić information content (AvgIpc) is 2.42. The summed E-state index contributed by atoms with van der Waals surface area (Å²) in [5, 5.41) is 0.902. The van der Waals surface area contributed by atoms with E-state index in [1.807, 2.05) is 35.2 Å². The van der Waals surface area contributed by atoms with E-state index in [9.17, 15) is 4.79 Å². The highest BCUT2D eigenvalue weighted by Crippen LogP contribution is 2.29. The second-order valence-corrected chi connectivity index (χ2v) is 5.92. The van der Waals surface area contributed by atoms with E-state index in [0.717, 1.165) is 10.9 Å². The normalized spacial score (nSPS) is 17.3. The van der Waals surface area contributed by atoms with E-state index in [-0.39, 0.29) is 11.4 Å². The van der Waals surface area contributed by atoms with E-state index in [4.69, 9.17) is 5.73 Å². The van der Waals surface area contributed by atoms with Gasteiger partial charge in [-0.2, -0.15) is 0 Å². The Kier molecular flexibility index (Phi) is 2.98. The van der Waals surface area contributed by atoms with Crippen molar-refractivity contribution in [2.75, 3.05) is 13.1 Å². The molecule has 0 radical (unpaired) electrons. The van der Waals surface area contributed by atoms with Crippen molar-refractivity contribution in [3.63, 3.8) is 0 Å². The Labute approximate surface area is 118 Å². The molecule has 1 aromatic carbocycles. The van der Waals surface area contributed by atoms with Crippen molar-refractivity contribution in [3.05, 3.63) is 42.1 Å². The van der Waals surface area contributed by atoms with Gasteiger partial charge in [-0.05, 0) is 24.1 Å². The number of nitrogens with zero attached hydrogens (tertiary/aromatic N) is 2. The van der Waals surface area contributed by atoms with Crippen LogP contribution < -0.4 is 5.73 Å². The number of carbonyl (C=O) groups is 1. The summed E-state index contributed by atoms with van der Waals surface area (Å²) in [7, 11) is 0. The molecular weight excluding hydrogens is 250 g/mol. The number of pyridine rings is 1. The fourth-order valence-corrected chi connectivity index (χ4v) is 2.63. The highest BCUT2D eigenvalue weighted by Gasteiger charge is 2.44. The zero-order chi connectivity index (χ0) is 14.3. The Hall–Kier alpha value is -1.94. The third-order valence-corrected chi connectivity index (χ3v) is 4.28. The van der Waals surface area contributed by atoms with E-state index in [1.165, 1.54) is 0 Å². The second kappa shape index (κ2) is 4.56. The van der Waals surface area contributed by atoms with Crippen molar-refractivity contribution in [3.8, 4) is 0 Å². The van der Waals surface area contributed by atoms with Crippen LogP contribution >= 0.6 is 0 Å². The second-order valence-electron chi connectivity index (χ2n) is 5.92. The van der Waals surface area contributed by atoms with Crippen molar-refractivity contribution in [1.29, 1.82) is 0 Å². The minimum absolute atomic E-state index is 0.0466. The lowest BCUT2D eigenvalue weighted by Crippen LogP contribution is -2.71. The Morgan fingerprint density at radius 2 is 2.05 bits per heavy atom. The van der Waals surface area contributed by atoms with Gasteiger partial charge in [0.2, 0.25) is 0 Å². The number of hydrogen-bond acceptors (Lipinski definition) is 3. The maximum Gasteiger partial charge on any atom is 0.254 e. The molecular formula is C16H19N3O. The Bertz CT molecular complexity index is 654. The number of aromatic nitrogens is 1. The number of fused-ring (bicyclic) bond motifs is 1. The van der Waals surface area contributed by atoms with Gasteiger partial charge in [0, 0.05) is 30.2 Å². The SMILES string of the molecule is CC(C)C1(N)CN(C(=O)c2cccc3ncccc23)C1. The fraction of sp³-hybridized carbons (Fsp3) is 0.375. The molecule has 4 nitrogen and oxygen atoms in total. The fourth-order valence-electron chi connectivity index (χ4n) is 2.63. The third kappa shape index (κ3) is 1.96. The topological polar surface area (TPSA) is 59.2 Å². The molecule has 0 unspecified atom stereocenters. The van der Waals surface area contributed by atoms with Crippen molar-refractivity contribution < 1.29 is 4.79 Å². The van der Waals surface area contributed by atoms with E-state index in [0.29, 0.717) is 24.6 Å². The summed E-state index contributed by atoms with van der Waals surface area (Å²) in [6.07, 6.45) is 1.74. The molecule has 20 heavy (non-hydrogen) atoms. The summed E-state index contributed by atoms with van der Waals surface area (Å²) in [4.78, 5) is 18.7. The molecule has 0 aliphatic carbocycles. The summed E-state index contributed by atoms with van der Waals surface area (Å²) in [6.45, 7) is 5.45. The summed E-state index contributed by atoms with van der Waals surface area (Å²) in [5.74, 6) is 0.422. The molecule has 1 amide bonds. The molecule has 0 saturated carbocycles. The van der Waals surface area contributed by atoms with Crippen LogP contribution in [0.3, 0.4) is 0 Å². The molecule has 3 rings (SSSR count). The van der Waals surface area contributed by atoms with Crippen LogP contribution in [0.1, 0.15) is 24.2 Å². The van der Waals surface area contributed by atoms with Gasteiger partial charge >= 0.3 is 0 Å². The average molecular weight is 269 g/mol. The number of carbonyl (C=O) groups excluding carboxylic acids is 1. The van der Waals surface area contributed by atoms with Gasteiger partial charge in [-0.25, -0.2) is 0 Å². The lowest BCUT2D eigenvalue weighted by atomic mass is 9.80. The van der Waals surface area contributed by atoms with Gasteiger partial charge in [0.1, 0.15) is 0 Å². The molecule has 0 atom stereocenters. The molecule has 1 aliphatic rings. The first-order chi connectivity index (χ1) is 9.51. The smallest absolute Gasteiger partial charge is 0.254 e. The Balaban J connectivity index is 1.88. The number of likely N-dealkylation sites (tertiary alicyclic amines) is 1. The summed E-state index contributed by atoms with van der Waals surface area (Å²) < 4.78 is 0. The zero-order valence-corrected chi connectivity index (χ0v) is 11.8. The number of hydrogen-bond donors (Lipinski definition) is 1. The molecule has 2 N–H and O–H groups in total. The molecule has 104 valence electrons. The highest BCUT2D eigenvalue weighted by atomic mass is 16.2. The highest BCUT2D eigenvalue weighted by molar-refractivity contribution is 6.06. The minimum Gasteiger partial charge on any atom is -0.335 e. The van der Waals surface area contributed by atoms with Crippen molar-refractivity contribution in [1.82, 2.24) is 9.88 Å². The molecule has 1 aliphatic heterocycles. The van der Waals surface area contributed by atoms with Crippen LogP contribution in [0.5, 0.6) is 0 Å². The van der Waals surface area contributed by atoms with E-state index in [1.54, 1.807) is 6.20 Å². The lowest BCUT2D eigenvalue weighted by Gasteiger charge is -2.50. The van der Waals surface area contributed by atoms with Gasteiger partial charge in [-0.1, -0.05) is 26.0 Å². The number of nitrogens with two attached hydrogens (primary N) is 1. The first-order valence-electron chi connectivity index (χ1n) is 6.93. The molecule has 1 saturated heterocycles. The van der Waals surface area contributed by atoms with Crippen molar-refractivity contribution in [2.24, 2.45) is 11.7 Å². The number of amides is 1. The van der Waals surface area contributed by atoms with Gasteiger partial charge < -0.3 is 10.6 Å². The van der Waals surface area contributed by atoms with Gasteiger partial charge in [0.05, 0.1) is 11.1 Å². The van der Waals surface area contributed by atoms with Gasteiger partial charge in [0.15, 0.2) is 0 Å². The maximum atomic E-state index is 12.6. The predicted octanol–water partition coefficient (Wildman–Crippen LogP) is 2.04. The molecule has 4 heteroatoms. The largest absolute Gasteiger partial charge is 0.335 e. The van der Waals surface area contributed by atoms with E-state index >= 15 is 0 Å². The van der Waals surface area contributed by atoms with Gasteiger partial charge in [-0.3, -0.25) is 9.78 Å². The Morgan fingerprint density at radius 1 is 1.30 bits per heavy atom. The predicted molar refractivity (Wildman–Crippen MR) is 79.4 cm³/mol. The summed E-state index contributed by atoms with van der Waals surface area (Å²) in [6, 6.07) is 9.45. The van der Waals surface area contributed by atoms with Crippen LogP contribution in [0.25, 0.3) is 10.9 Å². The summed E-state index contributed by atoms with van der Waals surface area (Å²) >= 11 is 0. The molecule has 2 aromatic rings. The lowest BCUT2D eigenvalue weighted by molar-refractivity contribution is 0.0277. The minimum atomic E-state index is -0.238. The van der Waals surface area contributed by atoms with E-state index in [2.05, 4.69) is 18.8 Å². The molecule has 1 fully saturated rings. The van der Waals surface area contributed by atoms with E-state index < -0.39 is 0 Å². The Morgan fingerprint density at radius 3 is 2.75 bits per heavy atom. The van der Waals surface area contributed by atoms with Gasteiger partial charge in [0.25, 0.3) is 5.91 Å². The first-order valence-corrected chi connectivity index (χ1v) is 6.93.